The molecule has 16 heavy (non-hydrogen) atoms. The molecule has 0 bridgehead atoms. The van der Waals surface area contributed by atoms with Gasteiger partial charge >= 0.3 is 6.09 Å². The molecule has 0 aromatic carbocycles. The summed E-state index contributed by atoms with van der Waals surface area (Å²) in [6.07, 6.45) is -0.355. The molecule has 1 amide bonds. The van der Waals surface area contributed by atoms with Gasteiger partial charge in [-0.15, -0.1) is 0 Å². The Hall–Kier alpha value is -0.770. The van der Waals surface area contributed by atoms with Crippen molar-refractivity contribution < 1.29 is 9.53 Å². The van der Waals surface area contributed by atoms with Crippen LogP contribution >= 0.6 is 0 Å². The number of amides is 1. The number of ether oxygens (including phenoxy) is 1. The van der Waals surface area contributed by atoms with Gasteiger partial charge in [0.15, 0.2) is 0 Å². The third-order valence-electron chi connectivity index (χ3n) is 1.77. The highest BCUT2D eigenvalue weighted by atomic mass is 16.6. The lowest BCUT2D eigenvalue weighted by molar-refractivity contribution is 0.0508. The number of nitrogens with one attached hydrogen (secondary N) is 2. The number of carbonyl (C=O) groups excluding carboxylic acids is 1. The molecule has 0 aliphatic carbocycles. The molecular formula is C12H26N2O2. The van der Waals surface area contributed by atoms with Gasteiger partial charge in [-0.25, -0.2) is 4.79 Å². The molecule has 0 saturated carbocycles. The summed E-state index contributed by atoms with van der Waals surface area (Å²) in [6.45, 7) is 13.5. The highest BCUT2D eigenvalue weighted by Gasteiger charge is 2.17. The van der Waals surface area contributed by atoms with Crippen LogP contribution < -0.4 is 10.6 Å². The Balaban J connectivity index is 3.70. The minimum absolute atomic E-state index is 0.0774. The topological polar surface area (TPSA) is 50.4 Å². The van der Waals surface area contributed by atoms with E-state index in [0.29, 0.717) is 5.92 Å². The largest absolute Gasteiger partial charge is 0.444 e. The van der Waals surface area contributed by atoms with Gasteiger partial charge in [0.1, 0.15) is 5.60 Å². The van der Waals surface area contributed by atoms with Crippen LogP contribution in [-0.4, -0.2) is 30.8 Å². The summed E-state index contributed by atoms with van der Waals surface area (Å²) in [5.74, 6) is 0.619. The van der Waals surface area contributed by atoms with E-state index in [9.17, 15) is 4.79 Å². The Morgan fingerprint density at radius 1 is 1.19 bits per heavy atom. The van der Waals surface area contributed by atoms with Crippen LogP contribution in [0.3, 0.4) is 0 Å². The molecule has 0 heterocycles. The van der Waals surface area contributed by atoms with Crippen LogP contribution in [0.2, 0.25) is 0 Å². The lowest BCUT2D eigenvalue weighted by Crippen LogP contribution is -2.43. The van der Waals surface area contributed by atoms with Crippen LogP contribution in [0.5, 0.6) is 0 Å². The molecule has 0 saturated heterocycles. The zero-order chi connectivity index (χ0) is 12.8. The van der Waals surface area contributed by atoms with Crippen LogP contribution in [0, 0.1) is 5.92 Å². The first-order chi connectivity index (χ1) is 7.20. The third kappa shape index (κ3) is 9.77. The second kappa shape index (κ2) is 6.74. The molecule has 1 atom stereocenters. The molecule has 0 rings (SSSR count). The fourth-order valence-corrected chi connectivity index (χ4v) is 1.15. The van der Waals surface area contributed by atoms with Crippen molar-refractivity contribution in [3.8, 4) is 0 Å². The van der Waals surface area contributed by atoms with E-state index >= 15 is 0 Å². The van der Waals surface area contributed by atoms with E-state index < -0.39 is 5.60 Å². The molecule has 96 valence electrons. The maximum Gasteiger partial charge on any atom is 0.407 e. The van der Waals surface area contributed by atoms with Gasteiger partial charge in [0.05, 0.1) is 0 Å². The number of carbonyl (C=O) groups is 1. The van der Waals surface area contributed by atoms with E-state index in [1.54, 1.807) is 0 Å². The predicted molar refractivity (Wildman–Crippen MR) is 66.5 cm³/mol. The number of alkyl carbamates (subject to hydrolysis) is 1. The molecule has 0 aliphatic heterocycles. The van der Waals surface area contributed by atoms with Gasteiger partial charge in [0, 0.05) is 12.6 Å². The first-order valence-electron chi connectivity index (χ1n) is 5.91. The molecule has 0 fully saturated rings. The van der Waals surface area contributed by atoms with Crippen LogP contribution in [0.25, 0.3) is 0 Å². The zero-order valence-corrected chi connectivity index (χ0v) is 11.4. The highest BCUT2D eigenvalue weighted by Crippen LogP contribution is 2.06. The van der Waals surface area contributed by atoms with Gasteiger partial charge in [-0.2, -0.15) is 0 Å². The highest BCUT2D eigenvalue weighted by molar-refractivity contribution is 5.68. The Morgan fingerprint density at radius 3 is 2.19 bits per heavy atom. The summed E-state index contributed by atoms with van der Waals surface area (Å²) in [5.41, 5.74) is -0.435. The Labute approximate surface area is 99.1 Å². The molecule has 4 heteroatoms. The summed E-state index contributed by atoms with van der Waals surface area (Å²) in [7, 11) is 0. The summed E-state index contributed by atoms with van der Waals surface area (Å²) >= 11 is 0. The van der Waals surface area contributed by atoms with Crippen molar-refractivity contribution in [3.63, 3.8) is 0 Å². The average molecular weight is 230 g/mol. The number of rotatable bonds is 5. The molecule has 0 spiro atoms. The lowest BCUT2D eigenvalue weighted by Gasteiger charge is -2.22. The molecule has 0 radical (unpaired) electrons. The number of hydrogen-bond donors (Lipinski definition) is 2. The summed E-state index contributed by atoms with van der Waals surface area (Å²) in [5, 5.41) is 6.07. The van der Waals surface area contributed by atoms with E-state index in [1.807, 2.05) is 27.7 Å². The summed E-state index contributed by atoms with van der Waals surface area (Å²) < 4.78 is 5.16. The van der Waals surface area contributed by atoms with Crippen LogP contribution in [-0.2, 0) is 4.74 Å². The normalized spacial score (nSPS) is 13.7. The van der Waals surface area contributed by atoms with Gasteiger partial charge in [-0.3, -0.25) is 0 Å². The first kappa shape index (κ1) is 15.2. The fraction of sp³-hybridized carbons (Fsp3) is 0.917. The van der Waals surface area contributed by atoms with Gasteiger partial charge < -0.3 is 15.4 Å². The maximum atomic E-state index is 11.4. The molecule has 4 nitrogen and oxygen atoms in total. The van der Waals surface area contributed by atoms with Crippen molar-refractivity contribution in [1.29, 1.82) is 0 Å². The monoisotopic (exact) mass is 230 g/mol. The van der Waals surface area contributed by atoms with Gasteiger partial charge in [0.2, 0.25) is 0 Å². The summed E-state index contributed by atoms with van der Waals surface area (Å²) in [4.78, 5) is 11.4. The zero-order valence-electron chi connectivity index (χ0n) is 11.4. The standard InChI is InChI=1S/C12H26N2O2/c1-9(2)7-13-8-10(3)14-11(15)16-12(4,5)6/h9-10,13H,7-8H2,1-6H3,(H,14,15)/t10-/m1/s1. The van der Waals surface area contributed by atoms with E-state index in [2.05, 4.69) is 24.5 Å². The van der Waals surface area contributed by atoms with Crippen molar-refractivity contribution in [3.05, 3.63) is 0 Å². The van der Waals surface area contributed by atoms with Gasteiger partial charge in [-0.1, -0.05) is 13.8 Å². The minimum Gasteiger partial charge on any atom is -0.444 e. The van der Waals surface area contributed by atoms with E-state index in [1.165, 1.54) is 0 Å². The molecular weight excluding hydrogens is 204 g/mol. The summed E-state index contributed by atoms with van der Waals surface area (Å²) in [6, 6.07) is 0.0774. The van der Waals surface area contributed by atoms with E-state index in [-0.39, 0.29) is 12.1 Å². The van der Waals surface area contributed by atoms with Gasteiger partial charge in [0.25, 0.3) is 0 Å². The Kier molecular flexibility index (Phi) is 6.41. The Morgan fingerprint density at radius 2 is 1.75 bits per heavy atom. The quantitative estimate of drug-likeness (QED) is 0.761. The molecule has 2 N–H and O–H groups in total. The van der Waals surface area contributed by atoms with E-state index in [0.717, 1.165) is 13.1 Å². The molecule has 0 aromatic rings. The van der Waals surface area contributed by atoms with Crippen LogP contribution in [0.4, 0.5) is 4.79 Å². The smallest absolute Gasteiger partial charge is 0.407 e. The third-order valence-corrected chi connectivity index (χ3v) is 1.77. The molecule has 0 aliphatic rings. The lowest BCUT2D eigenvalue weighted by atomic mass is 10.2. The number of hydrogen-bond acceptors (Lipinski definition) is 3. The minimum atomic E-state index is -0.435. The van der Waals surface area contributed by atoms with Crippen molar-refractivity contribution in [1.82, 2.24) is 10.6 Å². The molecule has 0 unspecified atom stereocenters. The Bertz CT molecular complexity index is 210. The maximum absolute atomic E-state index is 11.4. The molecule has 0 aromatic heterocycles. The van der Waals surface area contributed by atoms with Crippen molar-refractivity contribution in [2.45, 2.75) is 53.2 Å². The van der Waals surface area contributed by atoms with Crippen LogP contribution in [0.1, 0.15) is 41.5 Å². The second-order valence-corrected chi connectivity index (χ2v) is 5.60. The van der Waals surface area contributed by atoms with Crippen molar-refractivity contribution >= 4 is 6.09 Å². The average Bonchev–Trinajstić information content (AvgIpc) is 1.98. The van der Waals surface area contributed by atoms with Crippen molar-refractivity contribution in [2.24, 2.45) is 5.92 Å². The predicted octanol–water partition coefficient (Wildman–Crippen LogP) is 2.15. The van der Waals surface area contributed by atoms with Gasteiger partial charge in [-0.05, 0) is 40.2 Å². The fourth-order valence-electron chi connectivity index (χ4n) is 1.15. The van der Waals surface area contributed by atoms with Crippen molar-refractivity contribution in [2.75, 3.05) is 13.1 Å². The second-order valence-electron chi connectivity index (χ2n) is 5.60. The van der Waals surface area contributed by atoms with Crippen LogP contribution in [0.15, 0.2) is 0 Å². The SMILES string of the molecule is CC(C)CNC[C@@H](C)NC(=O)OC(C)(C)C. The first-order valence-corrected chi connectivity index (χ1v) is 5.91. The van der Waals surface area contributed by atoms with E-state index in [4.69, 9.17) is 4.74 Å².